The number of nitrogens with one attached hydrogen (secondary N) is 8. The number of para-hydroxylation sites is 1. The van der Waals surface area contributed by atoms with Gasteiger partial charge < -0.3 is 80.6 Å². The number of benzene rings is 4. The molecule has 15 heterocycles. The molecule has 12 aromatic rings. The Balaban J connectivity index is 0.000000134. The van der Waals surface area contributed by atoms with Crippen molar-refractivity contribution < 1.29 is 50.0 Å². The highest BCUT2D eigenvalue weighted by molar-refractivity contribution is 7.89. The summed E-state index contributed by atoms with van der Waals surface area (Å²) in [5, 5.41) is 45.2. The van der Waals surface area contributed by atoms with Crippen LogP contribution < -0.4 is 75.9 Å². The van der Waals surface area contributed by atoms with Crippen molar-refractivity contribution in [2.75, 3.05) is 146 Å². The molecule has 6 unspecified atom stereocenters. The second kappa shape index (κ2) is 45.4. The van der Waals surface area contributed by atoms with E-state index in [4.69, 9.17) is 58.1 Å². The molecule has 38 nitrogen and oxygen atoms in total. The monoisotopic (exact) mass is 1950 g/mol. The average molecular weight is 1950 g/mol. The van der Waals surface area contributed by atoms with Crippen molar-refractivity contribution in [3.63, 3.8) is 0 Å². The molecule has 0 aliphatic carbocycles. The topological polar surface area (TPSA) is 411 Å². The Hall–Kier alpha value is -11.5. The normalized spacial score (nSPS) is 19.1. The average Bonchev–Trinajstić information content (AvgIpc) is 1.65. The zero-order chi connectivity index (χ0) is 97.7. The third-order valence-corrected chi connectivity index (χ3v) is 31.4. The van der Waals surface area contributed by atoms with Crippen LogP contribution >= 0.6 is 0 Å². The van der Waals surface area contributed by atoms with E-state index in [-0.39, 0.29) is 90.2 Å². The number of fused-ring (bicyclic) bond motifs is 4. The molecule has 748 valence electrons. The second-order valence-electron chi connectivity index (χ2n) is 38.4. The summed E-state index contributed by atoms with van der Waals surface area (Å²) in [5.41, 5.74) is 12.3. The van der Waals surface area contributed by atoms with Crippen molar-refractivity contribution in [2.24, 2.45) is 0 Å². The number of aromatic nitrogens is 16. The fraction of sp³-hybridized carbons (Fsp3) is 0.556. The van der Waals surface area contributed by atoms with Crippen molar-refractivity contribution in [1.82, 2.24) is 108 Å². The molecule has 139 heavy (non-hydrogen) atoms. The molecule has 0 amide bonds. The number of sulfonamides is 2. The third kappa shape index (κ3) is 23.9. The van der Waals surface area contributed by atoms with E-state index in [1.54, 1.807) is 57.4 Å². The minimum atomic E-state index is -3.58. The first-order chi connectivity index (χ1) is 67.1. The molecule has 0 radical (unpaired) electrons. The van der Waals surface area contributed by atoms with Gasteiger partial charge in [0.15, 0.2) is 22.6 Å². The molecule has 7 atom stereocenters. The lowest BCUT2D eigenvalue weighted by atomic mass is 9.89. The van der Waals surface area contributed by atoms with Crippen molar-refractivity contribution >= 4 is 72.1 Å². The Labute approximate surface area is 815 Å². The number of piperidine rings is 4. The largest absolute Gasteiger partial charge is 0.497 e. The molecule has 7 aliphatic rings. The summed E-state index contributed by atoms with van der Waals surface area (Å²) in [5.74, 6) is 4.79. The number of methoxy groups -OCH3 is 2. The maximum Gasteiger partial charge on any atom is 0.322 e. The van der Waals surface area contributed by atoms with E-state index in [1.807, 2.05) is 91.6 Å². The highest BCUT2D eigenvalue weighted by Gasteiger charge is 2.43. The smallest absolute Gasteiger partial charge is 0.322 e. The van der Waals surface area contributed by atoms with Crippen LogP contribution in [0.4, 0.5) is 29.5 Å². The standard InChI is InChI=1S/C25H37N7O4S.C25H35N7O3S.C25H34N6O3.C24H33N7O/c1-17(2)22-16-27-32-23(22)29-25(30-24(32)28-18(3)19-7-6-8-20(15-19)35-5)36-14-13-31(4)37(33,34)21-9-11-26-12-10-21;1-17(2)21-16-27-32-23(21)29-25(35-19-9-8-12-26-15-19)30-24(32)28-18(3)20-10-4-5-11-22(20)36(33,34)31-13-6-7-14-31;1-16(2)21-14-27-31-22(21)29-24(34-20-13-25(33-15-20)8-10-26-11-9-25)30-23(31)28-17(3)18-6-5-7-19(12-18)32-4;1-16(2)20-15-26-31-22(20)28-24(32-18-8-6-11-25-14-18)29-23(31)27-17(3)19-9-4-5-10-21(19)30-12-7-13-30/h6-8,15-18,21,26H,9-14H2,1-5H3,(H,28,29,30);4-5,10-11,16-19,26H,6-9,12-15H2,1-3H3,(H,28,29,30);5-7,12,14,16-17,20,26H,8-11,13,15H2,1-4H3,(H,28,29,30);4-5,9-10,15-18,25H,6-8,11-14H2,1-3H3,(H,27,28,29)/t;;17-,20?;/m..0./s1. The number of ether oxygens (including phenoxy) is 7. The fourth-order valence-corrected chi connectivity index (χ4v) is 22.1. The molecule has 7 fully saturated rings. The summed E-state index contributed by atoms with van der Waals surface area (Å²) in [6.07, 6.45) is 18.7. The van der Waals surface area contributed by atoms with Gasteiger partial charge in [-0.05, 0) is 220 Å². The van der Waals surface area contributed by atoms with Crippen LogP contribution in [0.3, 0.4) is 0 Å². The van der Waals surface area contributed by atoms with Gasteiger partial charge in [0, 0.05) is 87.2 Å². The lowest BCUT2D eigenvalue weighted by Gasteiger charge is -2.36. The van der Waals surface area contributed by atoms with Crippen molar-refractivity contribution in [1.29, 1.82) is 0 Å². The van der Waals surface area contributed by atoms with Crippen LogP contribution in [-0.2, 0) is 24.8 Å². The molecule has 1 spiro atoms. The first-order valence-electron chi connectivity index (χ1n) is 49.5. The minimum absolute atomic E-state index is 0.00299. The van der Waals surface area contributed by atoms with Crippen LogP contribution in [0.1, 0.15) is 252 Å². The van der Waals surface area contributed by atoms with E-state index in [2.05, 4.69) is 182 Å². The molecule has 8 aromatic heterocycles. The van der Waals surface area contributed by atoms with E-state index in [9.17, 15) is 16.8 Å². The van der Waals surface area contributed by atoms with Crippen LogP contribution in [0.25, 0.3) is 22.6 Å². The Morgan fingerprint density at radius 2 is 0.871 bits per heavy atom. The van der Waals surface area contributed by atoms with Gasteiger partial charge in [-0.3, -0.25) is 0 Å². The van der Waals surface area contributed by atoms with Gasteiger partial charge in [-0.2, -0.15) is 82.6 Å². The zero-order valence-electron chi connectivity index (χ0n) is 82.9. The lowest BCUT2D eigenvalue weighted by molar-refractivity contribution is -0.0206. The van der Waals surface area contributed by atoms with Crippen LogP contribution in [0.2, 0.25) is 0 Å². The van der Waals surface area contributed by atoms with Gasteiger partial charge in [0.1, 0.15) is 36.4 Å². The SMILES string of the molecule is CC(C)c1cnn2c(NC(C)c3ccccc3N3CCC3)nc(OC3CCCNC3)nc12.CC(C)c1cnn2c(NC(C)c3ccccc3S(=O)(=O)N3CCCC3)nc(OC3CCCNC3)nc12.COc1cccc(C(C)Nc2nc(OCCN(C)S(=O)(=O)C3CCNCC3)nc3c(C(C)C)cnn23)c1.COc1cccc([C@H](C)Nc2nc(OC3COC4(CCNCC4)C3)nc3c(C(C)C)cnn23)c1. The van der Waals surface area contributed by atoms with Crippen LogP contribution in [-0.4, -0.2) is 252 Å². The van der Waals surface area contributed by atoms with Crippen molar-refractivity contribution in [3.8, 4) is 35.5 Å². The van der Waals surface area contributed by atoms with Gasteiger partial charge in [-0.1, -0.05) is 116 Å². The number of anilines is 5. The van der Waals surface area contributed by atoms with E-state index in [0.717, 1.165) is 179 Å². The number of likely N-dealkylation sites (N-methyl/N-ethyl adjacent to an activating group) is 1. The predicted octanol–water partition coefficient (Wildman–Crippen LogP) is 13.6. The van der Waals surface area contributed by atoms with Gasteiger partial charge in [0.2, 0.25) is 43.8 Å². The summed E-state index contributed by atoms with van der Waals surface area (Å²) >= 11 is 0. The quantitative estimate of drug-likeness (QED) is 0.0189. The number of nitrogens with zero attached hydrogens (tertiary/aromatic N) is 19. The van der Waals surface area contributed by atoms with E-state index in [0.29, 0.717) is 102 Å². The Morgan fingerprint density at radius 1 is 0.446 bits per heavy atom. The van der Waals surface area contributed by atoms with Gasteiger partial charge in [-0.25, -0.2) is 21.1 Å². The molecular weight excluding hydrogens is 1810 g/mol. The van der Waals surface area contributed by atoms with E-state index >= 15 is 0 Å². The van der Waals surface area contributed by atoms with Crippen LogP contribution in [0, 0.1) is 0 Å². The third-order valence-electron chi connectivity index (χ3n) is 27.0. The van der Waals surface area contributed by atoms with Gasteiger partial charge >= 0.3 is 24.0 Å². The molecule has 0 bridgehead atoms. The Morgan fingerprint density at radius 3 is 1.32 bits per heavy atom. The number of hydrogen-bond donors (Lipinski definition) is 8. The fourth-order valence-electron chi connectivity index (χ4n) is 18.6. The van der Waals surface area contributed by atoms with Crippen LogP contribution in [0.15, 0.2) is 127 Å². The van der Waals surface area contributed by atoms with Gasteiger partial charge in [0.25, 0.3) is 0 Å². The van der Waals surface area contributed by atoms with E-state index in [1.165, 1.54) is 22.0 Å². The minimum Gasteiger partial charge on any atom is -0.497 e. The zero-order valence-corrected chi connectivity index (χ0v) is 84.5. The molecule has 7 saturated heterocycles. The van der Waals surface area contributed by atoms with Gasteiger partial charge in [-0.15, -0.1) is 0 Å². The molecule has 19 rings (SSSR count). The maximum absolute atomic E-state index is 13.4. The number of hydrogen-bond acceptors (Lipinski definition) is 32. The summed E-state index contributed by atoms with van der Waals surface area (Å²) in [6, 6.07) is 32.4. The van der Waals surface area contributed by atoms with Crippen LogP contribution in [0.5, 0.6) is 35.5 Å². The summed E-state index contributed by atoms with van der Waals surface area (Å²) in [6.45, 7) is 36.4. The molecular formula is C99H139N27O11S2. The lowest BCUT2D eigenvalue weighted by Crippen LogP contribution is -2.43. The van der Waals surface area contributed by atoms with Crippen molar-refractivity contribution in [3.05, 3.63) is 166 Å². The maximum atomic E-state index is 13.4. The summed E-state index contributed by atoms with van der Waals surface area (Å²) in [4.78, 5) is 40.3. The number of rotatable bonds is 33. The predicted molar refractivity (Wildman–Crippen MR) is 537 cm³/mol. The molecule has 0 saturated carbocycles. The Kier molecular flexibility index (Phi) is 32.8. The second-order valence-corrected chi connectivity index (χ2v) is 42.6. The van der Waals surface area contributed by atoms with Gasteiger partial charge in [0.05, 0.1) is 85.5 Å². The highest BCUT2D eigenvalue weighted by Crippen LogP contribution is 2.40. The Bertz CT molecular complexity index is 6340. The molecule has 7 aliphatic heterocycles. The highest BCUT2D eigenvalue weighted by atomic mass is 32.2. The van der Waals surface area contributed by atoms with E-state index < -0.39 is 20.0 Å². The summed E-state index contributed by atoms with van der Waals surface area (Å²) < 4.78 is 104. The first-order valence-corrected chi connectivity index (χ1v) is 52.4. The first kappa shape index (κ1) is 100. The summed E-state index contributed by atoms with van der Waals surface area (Å²) in [7, 11) is -2.05. The molecule has 40 heteroatoms. The molecule has 8 N–H and O–H groups in total. The molecule has 4 aromatic carbocycles. The van der Waals surface area contributed by atoms with Crippen molar-refractivity contribution in [2.45, 2.75) is 242 Å².